The second-order valence-electron chi connectivity index (χ2n) is 4.50. The molecular weight excluding hydrogens is 222 g/mol. The highest BCUT2D eigenvalue weighted by Crippen LogP contribution is 2.22. The summed E-state index contributed by atoms with van der Waals surface area (Å²) in [6.07, 6.45) is 1.28. The lowest BCUT2D eigenvalue weighted by atomic mass is 10.2. The highest BCUT2D eigenvalue weighted by atomic mass is 35.5. The van der Waals surface area contributed by atoms with Crippen LogP contribution in [0.3, 0.4) is 0 Å². The average molecular weight is 240 g/mol. The molecule has 1 unspecified atom stereocenters. The lowest BCUT2D eigenvalue weighted by Gasteiger charge is -2.16. The zero-order valence-electron chi connectivity index (χ0n) is 9.83. The van der Waals surface area contributed by atoms with Crippen LogP contribution in [0.5, 0.6) is 0 Å². The van der Waals surface area contributed by atoms with Crippen molar-refractivity contribution in [2.45, 2.75) is 19.9 Å². The van der Waals surface area contributed by atoms with Crippen LogP contribution in [-0.4, -0.2) is 30.0 Å². The minimum absolute atomic E-state index is 0.763. The largest absolute Gasteiger partial charge is 0.373 e. The lowest BCUT2D eigenvalue weighted by molar-refractivity contribution is 0.316. The molecule has 1 aliphatic rings. The number of hydrogen-bond donors (Lipinski definition) is 1. The second-order valence-corrected chi connectivity index (χ2v) is 4.91. The van der Waals surface area contributed by atoms with Gasteiger partial charge in [-0.1, -0.05) is 18.5 Å². The predicted molar refractivity (Wildman–Crippen MR) is 67.9 cm³/mol. The van der Waals surface area contributed by atoms with Crippen molar-refractivity contribution in [2.75, 3.05) is 25.5 Å². The Morgan fingerprint density at radius 2 is 2.38 bits per heavy atom. The minimum atomic E-state index is 0.763. The molecule has 0 spiro atoms. The smallest absolute Gasteiger partial charge is 0.126 e. The Hall–Kier alpha value is -0.800. The molecule has 4 heteroatoms. The molecule has 1 aromatic rings. The van der Waals surface area contributed by atoms with Crippen LogP contribution in [0.25, 0.3) is 0 Å². The predicted octanol–water partition coefficient (Wildman–Crippen LogP) is 2.62. The first-order chi connectivity index (χ1) is 7.69. The first kappa shape index (κ1) is 11.7. The molecule has 1 aliphatic heterocycles. The van der Waals surface area contributed by atoms with Crippen molar-refractivity contribution in [3.8, 4) is 0 Å². The normalized spacial score (nSPS) is 21.3. The van der Waals surface area contributed by atoms with E-state index in [1.54, 1.807) is 0 Å². The molecule has 2 heterocycles. The molecule has 0 saturated carbocycles. The van der Waals surface area contributed by atoms with E-state index in [1.807, 2.05) is 19.2 Å². The summed E-state index contributed by atoms with van der Waals surface area (Å²) < 4.78 is 0. The SMILES string of the molecule is CNc1ccc(Cl)c(CN2CCC(C)C2)n1. The fraction of sp³-hybridized carbons (Fsp3) is 0.583. The summed E-state index contributed by atoms with van der Waals surface area (Å²) in [5, 5.41) is 3.80. The van der Waals surface area contributed by atoms with Gasteiger partial charge in [-0.25, -0.2) is 4.98 Å². The highest BCUT2D eigenvalue weighted by Gasteiger charge is 2.19. The fourth-order valence-corrected chi connectivity index (χ4v) is 2.28. The second kappa shape index (κ2) is 5.02. The van der Waals surface area contributed by atoms with Gasteiger partial charge in [0.05, 0.1) is 10.7 Å². The van der Waals surface area contributed by atoms with E-state index in [9.17, 15) is 0 Å². The summed E-state index contributed by atoms with van der Waals surface area (Å²) in [4.78, 5) is 6.91. The summed E-state index contributed by atoms with van der Waals surface area (Å²) in [5.74, 6) is 1.68. The fourth-order valence-electron chi connectivity index (χ4n) is 2.12. The zero-order chi connectivity index (χ0) is 11.5. The molecule has 3 nitrogen and oxygen atoms in total. The minimum Gasteiger partial charge on any atom is -0.373 e. The maximum atomic E-state index is 6.15. The van der Waals surface area contributed by atoms with E-state index in [0.29, 0.717) is 0 Å². The molecule has 0 radical (unpaired) electrons. The summed E-state index contributed by atoms with van der Waals surface area (Å²) in [7, 11) is 1.87. The van der Waals surface area contributed by atoms with E-state index in [1.165, 1.54) is 6.42 Å². The Balaban J connectivity index is 2.08. The number of pyridine rings is 1. The van der Waals surface area contributed by atoms with Gasteiger partial charge >= 0.3 is 0 Å². The third-order valence-electron chi connectivity index (χ3n) is 3.06. The molecule has 1 aromatic heterocycles. The van der Waals surface area contributed by atoms with Crippen molar-refractivity contribution in [3.63, 3.8) is 0 Å². The standard InChI is InChI=1S/C12H18ClN3/c1-9-5-6-16(7-9)8-11-10(13)3-4-12(14-2)15-11/h3-4,9H,5-8H2,1-2H3,(H,14,15). The molecule has 1 fully saturated rings. The van der Waals surface area contributed by atoms with Crippen LogP contribution in [0, 0.1) is 5.92 Å². The van der Waals surface area contributed by atoms with Crippen molar-refractivity contribution in [2.24, 2.45) is 5.92 Å². The maximum absolute atomic E-state index is 6.15. The zero-order valence-corrected chi connectivity index (χ0v) is 10.6. The first-order valence-electron chi connectivity index (χ1n) is 5.74. The number of nitrogens with zero attached hydrogens (tertiary/aromatic N) is 2. The third kappa shape index (κ3) is 2.66. The number of aromatic nitrogens is 1. The van der Waals surface area contributed by atoms with Crippen LogP contribution in [0.1, 0.15) is 19.0 Å². The molecule has 2 rings (SSSR count). The van der Waals surface area contributed by atoms with Gasteiger partial charge in [-0.2, -0.15) is 0 Å². The van der Waals surface area contributed by atoms with Crippen molar-refractivity contribution in [3.05, 3.63) is 22.8 Å². The van der Waals surface area contributed by atoms with Crippen LogP contribution < -0.4 is 5.32 Å². The number of rotatable bonds is 3. The van der Waals surface area contributed by atoms with Gasteiger partial charge in [0.15, 0.2) is 0 Å². The summed E-state index contributed by atoms with van der Waals surface area (Å²) in [5.41, 5.74) is 0.975. The Bertz CT molecular complexity index is 367. The number of anilines is 1. The van der Waals surface area contributed by atoms with Crippen LogP contribution in [0.15, 0.2) is 12.1 Å². The monoisotopic (exact) mass is 239 g/mol. The molecule has 1 saturated heterocycles. The first-order valence-corrected chi connectivity index (χ1v) is 6.12. The average Bonchev–Trinajstić information content (AvgIpc) is 2.67. The summed E-state index contributed by atoms with van der Waals surface area (Å²) in [6.45, 7) is 5.46. The molecule has 0 aromatic carbocycles. The maximum Gasteiger partial charge on any atom is 0.126 e. The van der Waals surface area contributed by atoms with E-state index < -0.39 is 0 Å². The Morgan fingerprint density at radius 3 is 3.00 bits per heavy atom. The topological polar surface area (TPSA) is 28.2 Å². The summed E-state index contributed by atoms with van der Waals surface area (Å²) in [6, 6.07) is 3.81. The number of likely N-dealkylation sites (tertiary alicyclic amines) is 1. The third-order valence-corrected chi connectivity index (χ3v) is 3.40. The van der Waals surface area contributed by atoms with E-state index in [0.717, 1.165) is 42.1 Å². The van der Waals surface area contributed by atoms with Gasteiger partial charge in [0.1, 0.15) is 5.82 Å². The van der Waals surface area contributed by atoms with Crippen molar-refractivity contribution in [1.82, 2.24) is 9.88 Å². The van der Waals surface area contributed by atoms with Gasteiger partial charge in [0.2, 0.25) is 0 Å². The molecule has 16 heavy (non-hydrogen) atoms. The van der Waals surface area contributed by atoms with Crippen LogP contribution in [0.2, 0.25) is 5.02 Å². The van der Waals surface area contributed by atoms with Gasteiger partial charge in [-0.05, 0) is 31.0 Å². The lowest BCUT2D eigenvalue weighted by Crippen LogP contribution is -2.20. The Kier molecular flexibility index (Phi) is 3.66. The Morgan fingerprint density at radius 1 is 1.56 bits per heavy atom. The number of halogens is 1. The molecular formula is C12H18ClN3. The molecule has 1 atom stereocenters. The van der Waals surface area contributed by atoms with E-state index in [4.69, 9.17) is 11.6 Å². The van der Waals surface area contributed by atoms with Crippen molar-refractivity contribution < 1.29 is 0 Å². The van der Waals surface area contributed by atoms with Crippen molar-refractivity contribution in [1.29, 1.82) is 0 Å². The van der Waals surface area contributed by atoms with Crippen LogP contribution in [-0.2, 0) is 6.54 Å². The molecule has 1 N–H and O–H groups in total. The van der Waals surface area contributed by atoms with Gasteiger partial charge < -0.3 is 5.32 Å². The van der Waals surface area contributed by atoms with Gasteiger partial charge in [-0.15, -0.1) is 0 Å². The van der Waals surface area contributed by atoms with Crippen molar-refractivity contribution >= 4 is 17.4 Å². The molecule has 88 valence electrons. The van der Waals surface area contributed by atoms with E-state index in [-0.39, 0.29) is 0 Å². The molecule has 0 bridgehead atoms. The number of hydrogen-bond acceptors (Lipinski definition) is 3. The quantitative estimate of drug-likeness (QED) is 0.879. The highest BCUT2D eigenvalue weighted by molar-refractivity contribution is 6.31. The molecule has 0 aliphatic carbocycles. The van der Waals surface area contributed by atoms with Gasteiger partial charge in [-0.3, -0.25) is 4.90 Å². The number of nitrogens with one attached hydrogen (secondary N) is 1. The van der Waals surface area contributed by atoms with Crippen LogP contribution in [0.4, 0.5) is 5.82 Å². The van der Waals surface area contributed by atoms with Gasteiger partial charge in [0, 0.05) is 20.1 Å². The molecule has 0 amide bonds. The Labute approximate surface area is 102 Å². The van der Waals surface area contributed by atoms with Gasteiger partial charge in [0.25, 0.3) is 0 Å². The van der Waals surface area contributed by atoms with E-state index >= 15 is 0 Å². The summed E-state index contributed by atoms with van der Waals surface area (Å²) >= 11 is 6.15. The van der Waals surface area contributed by atoms with Crippen LogP contribution >= 0.6 is 11.6 Å². The van der Waals surface area contributed by atoms with E-state index in [2.05, 4.69) is 22.1 Å².